The Hall–Kier alpha value is -4.48. The second-order valence-corrected chi connectivity index (χ2v) is 15.7. The molecule has 0 bridgehead atoms. The van der Waals surface area contributed by atoms with Gasteiger partial charge in [-0.1, -0.05) is 47.7 Å². The number of thiazole rings is 1. The third kappa shape index (κ3) is 9.25. The zero-order valence-electron chi connectivity index (χ0n) is 29.5. The minimum atomic E-state index is -0.211. The highest BCUT2D eigenvalue weighted by Crippen LogP contribution is 2.32. The molecule has 0 spiro atoms. The first-order valence-electron chi connectivity index (χ1n) is 17.6. The number of ketones is 1. The smallest absolute Gasteiger partial charge is 0.257 e. The molecular formula is C40H45N5O4S2. The van der Waals surface area contributed by atoms with E-state index in [0.29, 0.717) is 60.4 Å². The van der Waals surface area contributed by atoms with Gasteiger partial charge >= 0.3 is 0 Å². The van der Waals surface area contributed by atoms with Crippen molar-refractivity contribution in [3.05, 3.63) is 106 Å². The number of nitrogens with zero attached hydrogens (tertiary/aromatic N) is 4. The van der Waals surface area contributed by atoms with Gasteiger partial charge in [0.05, 0.1) is 10.4 Å². The summed E-state index contributed by atoms with van der Waals surface area (Å²) in [5.74, 6) is 0.977. The van der Waals surface area contributed by atoms with Crippen molar-refractivity contribution >= 4 is 57.4 Å². The number of hydrogen-bond donors (Lipinski definition) is 1. The van der Waals surface area contributed by atoms with Crippen LogP contribution >= 0.6 is 23.1 Å². The molecule has 1 N–H and O–H groups in total. The minimum absolute atomic E-state index is 0.00712. The van der Waals surface area contributed by atoms with Gasteiger partial charge in [-0.3, -0.25) is 24.5 Å². The van der Waals surface area contributed by atoms with Crippen molar-refractivity contribution in [1.29, 1.82) is 0 Å². The van der Waals surface area contributed by atoms with E-state index in [1.54, 1.807) is 29.8 Å². The lowest BCUT2D eigenvalue weighted by Gasteiger charge is -2.34. The van der Waals surface area contributed by atoms with Crippen molar-refractivity contribution < 1.29 is 19.2 Å². The number of amides is 3. The molecule has 266 valence electrons. The summed E-state index contributed by atoms with van der Waals surface area (Å²) in [6.07, 6.45) is 4.86. The van der Waals surface area contributed by atoms with Crippen LogP contribution in [0.2, 0.25) is 0 Å². The second-order valence-electron chi connectivity index (χ2n) is 13.4. The minimum Gasteiger partial charge on any atom is -0.371 e. The number of aromatic nitrogens is 1. The van der Waals surface area contributed by atoms with E-state index in [1.807, 2.05) is 67.3 Å². The van der Waals surface area contributed by atoms with Crippen LogP contribution in [0.25, 0.3) is 0 Å². The molecule has 3 heterocycles. The van der Waals surface area contributed by atoms with E-state index in [4.69, 9.17) is 0 Å². The number of aryl methyl sites for hydroxylation is 2. The zero-order chi connectivity index (χ0) is 35.9. The van der Waals surface area contributed by atoms with Gasteiger partial charge in [0.15, 0.2) is 5.13 Å². The number of hydrogen-bond acceptors (Lipinski definition) is 8. The predicted octanol–water partition coefficient (Wildman–Crippen LogP) is 7.03. The van der Waals surface area contributed by atoms with Crippen molar-refractivity contribution in [1.82, 2.24) is 14.8 Å². The molecule has 3 aromatic carbocycles. The highest BCUT2D eigenvalue weighted by atomic mass is 32.2. The largest absolute Gasteiger partial charge is 0.371 e. The Morgan fingerprint density at radius 3 is 2.24 bits per heavy atom. The molecule has 0 atom stereocenters. The molecule has 0 radical (unpaired) electrons. The number of anilines is 2. The molecule has 6 rings (SSSR count). The fraction of sp³-hybridized carbons (Fsp3) is 0.375. The van der Waals surface area contributed by atoms with Gasteiger partial charge in [-0.05, 0) is 85.7 Å². The fourth-order valence-corrected chi connectivity index (χ4v) is 8.54. The Labute approximate surface area is 308 Å². The Bertz CT molecular complexity index is 1860. The third-order valence-corrected chi connectivity index (χ3v) is 12.2. The third-order valence-electron chi connectivity index (χ3n) is 10.0. The summed E-state index contributed by atoms with van der Waals surface area (Å²) in [5, 5.41) is 3.47. The van der Waals surface area contributed by atoms with E-state index in [9.17, 15) is 19.2 Å². The van der Waals surface area contributed by atoms with E-state index < -0.39 is 0 Å². The highest BCUT2D eigenvalue weighted by molar-refractivity contribution is 8.00. The molecule has 2 saturated heterocycles. The van der Waals surface area contributed by atoms with Crippen LogP contribution in [0, 0.1) is 19.8 Å². The van der Waals surface area contributed by atoms with Gasteiger partial charge in [0.1, 0.15) is 5.78 Å². The van der Waals surface area contributed by atoms with Crippen LogP contribution < -0.4 is 10.2 Å². The summed E-state index contributed by atoms with van der Waals surface area (Å²) in [6, 6.07) is 21.9. The molecule has 2 aliphatic rings. The summed E-state index contributed by atoms with van der Waals surface area (Å²) in [7, 11) is 0. The quantitative estimate of drug-likeness (QED) is 0.166. The average Bonchev–Trinajstić information content (AvgIpc) is 3.61. The Balaban J connectivity index is 0.971. The Kier molecular flexibility index (Phi) is 11.9. The highest BCUT2D eigenvalue weighted by Gasteiger charge is 2.26. The fourth-order valence-electron chi connectivity index (χ4n) is 6.74. The van der Waals surface area contributed by atoms with Crippen molar-refractivity contribution in [3.63, 3.8) is 0 Å². The topological polar surface area (TPSA) is 103 Å². The summed E-state index contributed by atoms with van der Waals surface area (Å²) in [5.41, 5.74) is 6.62. The van der Waals surface area contributed by atoms with E-state index in [0.717, 1.165) is 58.9 Å². The van der Waals surface area contributed by atoms with Crippen LogP contribution in [-0.4, -0.2) is 77.6 Å². The van der Waals surface area contributed by atoms with Crippen molar-refractivity contribution in [2.24, 2.45) is 5.92 Å². The van der Waals surface area contributed by atoms with Gasteiger partial charge in [0.25, 0.3) is 11.8 Å². The summed E-state index contributed by atoms with van der Waals surface area (Å²) in [6.45, 7) is 9.42. The van der Waals surface area contributed by atoms with Crippen LogP contribution in [0.4, 0.5) is 10.8 Å². The van der Waals surface area contributed by atoms with Crippen LogP contribution in [0.1, 0.15) is 69.2 Å². The van der Waals surface area contributed by atoms with Crippen LogP contribution in [0.15, 0.2) is 77.1 Å². The number of piperazine rings is 1. The van der Waals surface area contributed by atoms with Crippen LogP contribution in [0.3, 0.4) is 0 Å². The number of nitrogens with one attached hydrogen (secondary N) is 1. The Morgan fingerprint density at radius 2 is 1.55 bits per heavy atom. The first kappa shape index (κ1) is 36.3. The monoisotopic (exact) mass is 723 g/mol. The molecular weight excluding hydrogens is 679 g/mol. The first-order chi connectivity index (χ1) is 24.6. The van der Waals surface area contributed by atoms with Crippen molar-refractivity contribution in [3.8, 4) is 0 Å². The van der Waals surface area contributed by atoms with E-state index in [2.05, 4.69) is 33.4 Å². The zero-order valence-corrected chi connectivity index (χ0v) is 31.2. The van der Waals surface area contributed by atoms with Gasteiger partial charge in [0.2, 0.25) is 5.91 Å². The maximum Gasteiger partial charge on any atom is 0.257 e. The molecule has 51 heavy (non-hydrogen) atoms. The lowest BCUT2D eigenvalue weighted by molar-refractivity contribution is -0.130. The normalized spacial score (nSPS) is 15.2. The van der Waals surface area contributed by atoms with Crippen LogP contribution in [-0.2, 0) is 21.8 Å². The summed E-state index contributed by atoms with van der Waals surface area (Å²) in [4.78, 5) is 61.4. The molecule has 0 unspecified atom stereocenters. The number of thioether (sulfide) groups is 1. The van der Waals surface area contributed by atoms with E-state index >= 15 is 0 Å². The lowest BCUT2D eigenvalue weighted by Crippen LogP contribution is -2.50. The number of benzene rings is 3. The molecule has 0 aliphatic carbocycles. The number of carbonyl (C=O) groups is 4. The van der Waals surface area contributed by atoms with Gasteiger partial charge in [-0.25, -0.2) is 4.98 Å². The molecule has 3 amide bonds. The average molecular weight is 724 g/mol. The van der Waals surface area contributed by atoms with Gasteiger partial charge in [-0.15, -0.1) is 11.8 Å². The van der Waals surface area contributed by atoms with Gasteiger partial charge in [-0.2, -0.15) is 0 Å². The van der Waals surface area contributed by atoms with Crippen molar-refractivity contribution in [2.75, 3.05) is 49.5 Å². The number of Topliss-reactive ketones (excluding diaryl/α,β-unsaturated/α-hetero) is 1. The SMILES string of the molecule is CC(=O)N1CCN(C(=O)c2cc(CSc3cnc(NC(=O)c4ccc(N5CCC(C(=O)CCc6ccccc6)CC5)cc4)s3)cc(C)c2C)CC1. The van der Waals surface area contributed by atoms with E-state index in [1.165, 1.54) is 16.9 Å². The van der Waals surface area contributed by atoms with Crippen molar-refractivity contribution in [2.45, 2.75) is 56.4 Å². The first-order valence-corrected chi connectivity index (χ1v) is 19.4. The van der Waals surface area contributed by atoms with Gasteiger partial charge < -0.3 is 14.7 Å². The maximum atomic E-state index is 13.4. The Morgan fingerprint density at radius 1 is 0.863 bits per heavy atom. The molecule has 2 aliphatic heterocycles. The number of rotatable bonds is 11. The predicted molar refractivity (Wildman–Crippen MR) is 205 cm³/mol. The number of piperidine rings is 1. The lowest BCUT2D eigenvalue weighted by atomic mass is 9.89. The molecule has 9 nitrogen and oxygen atoms in total. The molecule has 2 fully saturated rings. The standard InChI is InChI=1S/C40H45N5O4S2/c1-27-23-31(24-35(28(27)2)39(49)45-21-19-43(20-22-45)29(3)46)26-50-37-25-41-40(51-37)42-38(48)33-10-12-34(13-11-33)44-17-15-32(16-18-44)36(47)14-9-30-7-5-4-6-8-30/h4-8,10-13,23-25,32H,9,14-22,26H2,1-3H3,(H,41,42,48). The molecule has 4 aromatic rings. The van der Waals surface area contributed by atoms with Gasteiger partial charge in [0, 0.05) is 81.1 Å². The van der Waals surface area contributed by atoms with Crippen LogP contribution in [0.5, 0.6) is 0 Å². The summed E-state index contributed by atoms with van der Waals surface area (Å²) >= 11 is 3.05. The maximum absolute atomic E-state index is 13.4. The molecule has 11 heteroatoms. The summed E-state index contributed by atoms with van der Waals surface area (Å²) < 4.78 is 0.967. The number of carbonyl (C=O) groups excluding carboxylic acids is 4. The second kappa shape index (κ2) is 16.7. The van der Waals surface area contributed by atoms with E-state index in [-0.39, 0.29) is 23.6 Å². The molecule has 1 aromatic heterocycles. The molecule has 0 saturated carbocycles.